The van der Waals surface area contributed by atoms with Crippen LogP contribution in [0.5, 0.6) is 17.2 Å². The van der Waals surface area contributed by atoms with Gasteiger partial charge < -0.3 is 24.2 Å². The average molecular weight is 544 g/mol. The number of aliphatic hydroxyl groups excluding tert-OH is 1. The lowest BCUT2D eigenvalue weighted by molar-refractivity contribution is -0.140. The van der Waals surface area contributed by atoms with Crippen molar-refractivity contribution >= 4 is 17.4 Å². The number of aliphatic hydroxyl groups is 1. The highest BCUT2D eigenvalue weighted by Gasteiger charge is 2.46. The Balaban J connectivity index is 1.80. The third-order valence-corrected chi connectivity index (χ3v) is 6.77. The van der Waals surface area contributed by atoms with Gasteiger partial charge in [-0.25, -0.2) is 0 Å². The van der Waals surface area contributed by atoms with Gasteiger partial charge in [-0.15, -0.1) is 0 Å². The van der Waals surface area contributed by atoms with Crippen LogP contribution in [0, 0.1) is 5.92 Å². The van der Waals surface area contributed by atoms with Gasteiger partial charge in [-0.1, -0.05) is 69.3 Å². The number of ether oxygens (including phenoxy) is 3. The number of benzene rings is 3. The van der Waals surface area contributed by atoms with Gasteiger partial charge in [-0.3, -0.25) is 9.59 Å². The molecule has 1 saturated heterocycles. The zero-order valence-electron chi connectivity index (χ0n) is 23.6. The Hall–Kier alpha value is -4.26. The first kappa shape index (κ1) is 28.7. The molecule has 7 nitrogen and oxygen atoms in total. The number of amides is 1. The minimum atomic E-state index is -0.834. The van der Waals surface area contributed by atoms with Crippen molar-refractivity contribution in [3.05, 3.63) is 95.1 Å². The molecule has 1 fully saturated rings. The van der Waals surface area contributed by atoms with Gasteiger partial charge >= 0.3 is 0 Å². The lowest BCUT2D eigenvalue weighted by Gasteiger charge is -2.26. The zero-order valence-corrected chi connectivity index (χ0v) is 23.6. The summed E-state index contributed by atoms with van der Waals surface area (Å²) in [4.78, 5) is 28.4. The van der Waals surface area contributed by atoms with E-state index in [0.29, 0.717) is 47.5 Å². The van der Waals surface area contributed by atoms with Crippen LogP contribution in [0.2, 0.25) is 0 Å². The first-order chi connectivity index (χ1) is 19.3. The molecule has 0 radical (unpaired) electrons. The maximum absolute atomic E-state index is 13.5. The summed E-state index contributed by atoms with van der Waals surface area (Å²) in [7, 11) is 1.55. The number of nitrogens with zero attached hydrogens (tertiary/aromatic N) is 1. The number of rotatable bonds is 12. The summed E-state index contributed by atoms with van der Waals surface area (Å²) in [5.41, 5.74) is 1.91. The molecule has 1 unspecified atom stereocenters. The Morgan fingerprint density at radius 1 is 0.925 bits per heavy atom. The van der Waals surface area contributed by atoms with E-state index in [1.165, 1.54) is 4.90 Å². The average Bonchev–Trinajstić information content (AvgIpc) is 3.21. The lowest BCUT2D eigenvalue weighted by Crippen LogP contribution is -2.29. The highest BCUT2D eigenvalue weighted by Crippen LogP contribution is 2.43. The second-order valence-corrected chi connectivity index (χ2v) is 10.2. The van der Waals surface area contributed by atoms with E-state index in [1.54, 1.807) is 43.5 Å². The molecule has 0 saturated carbocycles. The van der Waals surface area contributed by atoms with Crippen LogP contribution in [0.4, 0.5) is 0 Å². The van der Waals surface area contributed by atoms with Gasteiger partial charge in [-0.05, 0) is 54.2 Å². The van der Waals surface area contributed by atoms with Crippen LogP contribution in [-0.2, 0) is 16.1 Å². The van der Waals surface area contributed by atoms with Gasteiger partial charge in [0.15, 0.2) is 11.5 Å². The predicted octanol–water partition coefficient (Wildman–Crippen LogP) is 6.53. The van der Waals surface area contributed by atoms with Crippen molar-refractivity contribution in [2.24, 2.45) is 5.92 Å². The molecule has 3 aromatic carbocycles. The molecule has 7 heteroatoms. The Morgan fingerprint density at radius 2 is 1.70 bits per heavy atom. The molecule has 1 heterocycles. The molecule has 0 spiro atoms. The van der Waals surface area contributed by atoms with E-state index in [1.807, 2.05) is 43.3 Å². The van der Waals surface area contributed by atoms with Crippen LogP contribution in [0.1, 0.15) is 56.3 Å². The number of hydrogen-bond acceptors (Lipinski definition) is 6. The third-order valence-electron chi connectivity index (χ3n) is 6.77. The maximum atomic E-state index is 13.5. The van der Waals surface area contributed by atoms with Gasteiger partial charge in [0.25, 0.3) is 11.7 Å². The number of hydrogen-bond donors (Lipinski definition) is 1. The number of carbonyl (C=O) groups is 2. The Morgan fingerprint density at radius 3 is 2.40 bits per heavy atom. The molecule has 210 valence electrons. The summed E-state index contributed by atoms with van der Waals surface area (Å²) in [5.74, 6) is 0.463. The van der Waals surface area contributed by atoms with Crippen LogP contribution in [-0.4, -0.2) is 42.0 Å². The number of ketones is 1. The van der Waals surface area contributed by atoms with Crippen molar-refractivity contribution in [3.63, 3.8) is 0 Å². The number of likely N-dealkylation sites (tertiary alicyclic amines) is 1. The van der Waals surface area contributed by atoms with Gasteiger partial charge in [0, 0.05) is 12.1 Å². The van der Waals surface area contributed by atoms with Crippen molar-refractivity contribution in [1.82, 2.24) is 4.90 Å². The van der Waals surface area contributed by atoms with Crippen LogP contribution in [0.25, 0.3) is 5.76 Å². The summed E-state index contributed by atoms with van der Waals surface area (Å²) < 4.78 is 17.3. The fourth-order valence-electron chi connectivity index (χ4n) is 4.66. The molecule has 0 bridgehead atoms. The third kappa shape index (κ3) is 6.47. The summed E-state index contributed by atoms with van der Waals surface area (Å²) in [6.07, 6.45) is 1.73. The normalized spacial score (nSPS) is 16.4. The van der Waals surface area contributed by atoms with Crippen molar-refractivity contribution in [2.75, 3.05) is 20.3 Å². The summed E-state index contributed by atoms with van der Waals surface area (Å²) >= 11 is 0. The first-order valence-electron chi connectivity index (χ1n) is 13.7. The fourth-order valence-corrected chi connectivity index (χ4v) is 4.66. The molecule has 4 rings (SSSR count). The Kier molecular flexibility index (Phi) is 9.48. The van der Waals surface area contributed by atoms with Crippen molar-refractivity contribution in [2.45, 2.75) is 46.2 Å². The van der Waals surface area contributed by atoms with Crippen LogP contribution in [0.15, 0.2) is 78.4 Å². The summed E-state index contributed by atoms with van der Waals surface area (Å²) in [6.45, 7) is 7.53. The first-order valence-corrected chi connectivity index (χ1v) is 13.7. The van der Waals surface area contributed by atoms with E-state index in [2.05, 4.69) is 13.8 Å². The molecule has 1 atom stereocenters. The Bertz CT molecular complexity index is 1360. The van der Waals surface area contributed by atoms with E-state index in [4.69, 9.17) is 14.2 Å². The minimum absolute atomic E-state index is 0.0177. The van der Waals surface area contributed by atoms with E-state index in [-0.39, 0.29) is 17.9 Å². The van der Waals surface area contributed by atoms with Gasteiger partial charge in [0.1, 0.15) is 11.5 Å². The van der Waals surface area contributed by atoms with E-state index in [9.17, 15) is 14.7 Å². The predicted molar refractivity (Wildman–Crippen MR) is 154 cm³/mol. The minimum Gasteiger partial charge on any atom is -0.507 e. The molecule has 1 N–H and O–H groups in total. The smallest absolute Gasteiger partial charge is 0.295 e. The van der Waals surface area contributed by atoms with Crippen LogP contribution >= 0.6 is 0 Å². The molecule has 1 aliphatic rings. The topological polar surface area (TPSA) is 85.3 Å². The van der Waals surface area contributed by atoms with Crippen molar-refractivity contribution < 1.29 is 28.9 Å². The van der Waals surface area contributed by atoms with Crippen molar-refractivity contribution in [3.8, 4) is 17.2 Å². The molecule has 40 heavy (non-hydrogen) atoms. The van der Waals surface area contributed by atoms with Crippen molar-refractivity contribution in [1.29, 1.82) is 0 Å². The van der Waals surface area contributed by atoms with E-state index in [0.717, 1.165) is 18.4 Å². The van der Waals surface area contributed by atoms with E-state index >= 15 is 0 Å². The number of methoxy groups -OCH3 is 1. The largest absolute Gasteiger partial charge is 0.507 e. The standard InChI is InChI=1S/C33H37NO6/c1-5-17-39-26-13-9-12-25(19-26)31(35)29-30(34(33(37)32(29)36)21-23-10-7-6-8-11-23)24-14-15-27(28(20-24)38-4)40-18-16-22(2)3/h6-15,19-20,22,30,35H,5,16-18,21H2,1-4H3/b31-29+. The Labute approximate surface area is 236 Å². The van der Waals surface area contributed by atoms with Crippen LogP contribution < -0.4 is 14.2 Å². The molecule has 3 aromatic rings. The highest BCUT2D eigenvalue weighted by molar-refractivity contribution is 6.46. The van der Waals surface area contributed by atoms with Crippen LogP contribution in [0.3, 0.4) is 0 Å². The molecule has 1 amide bonds. The number of Topliss-reactive ketones (excluding diaryl/α,β-unsaturated/α-hetero) is 1. The summed E-state index contributed by atoms with van der Waals surface area (Å²) in [6, 6.07) is 20.9. The monoisotopic (exact) mass is 543 g/mol. The SMILES string of the molecule is CCCOc1cccc(/C(O)=C2\C(=O)C(=O)N(Cc3ccccc3)C2c2ccc(OCCC(C)C)c(OC)c2)c1. The lowest BCUT2D eigenvalue weighted by atomic mass is 9.94. The second kappa shape index (κ2) is 13.2. The molecule has 0 aliphatic carbocycles. The van der Waals surface area contributed by atoms with Gasteiger partial charge in [-0.2, -0.15) is 0 Å². The van der Waals surface area contributed by atoms with E-state index < -0.39 is 17.7 Å². The fraction of sp³-hybridized carbons (Fsp3) is 0.333. The highest BCUT2D eigenvalue weighted by atomic mass is 16.5. The van der Waals surface area contributed by atoms with Gasteiger partial charge in [0.05, 0.1) is 31.9 Å². The quantitative estimate of drug-likeness (QED) is 0.159. The second-order valence-electron chi connectivity index (χ2n) is 10.2. The van der Waals surface area contributed by atoms with Gasteiger partial charge in [0.2, 0.25) is 0 Å². The molecular formula is C33H37NO6. The molecule has 1 aliphatic heterocycles. The maximum Gasteiger partial charge on any atom is 0.295 e. The summed E-state index contributed by atoms with van der Waals surface area (Å²) in [5, 5.41) is 11.5. The molecule has 0 aromatic heterocycles. The number of carbonyl (C=O) groups excluding carboxylic acids is 2. The zero-order chi connectivity index (χ0) is 28.6. The molecular weight excluding hydrogens is 506 g/mol.